The number of carbonyl (C=O) groups excluding carboxylic acids is 1. The van der Waals surface area contributed by atoms with E-state index in [4.69, 9.17) is 0 Å². The predicted molar refractivity (Wildman–Crippen MR) is 29.4 cm³/mol. The summed E-state index contributed by atoms with van der Waals surface area (Å²) in [7, 11) is 0. The summed E-state index contributed by atoms with van der Waals surface area (Å²) >= 11 is 0. The molecule has 0 saturated heterocycles. The molecule has 0 heterocycles. The molecule has 0 aliphatic heterocycles. The molecular weight excluding hydrogens is 90.1 g/mol. The van der Waals surface area contributed by atoms with E-state index < -0.39 is 0 Å². The van der Waals surface area contributed by atoms with Gasteiger partial charge in [-0.25, -0.2) is 4.99 Å². The number of hydrogen-bond acceptors (Lipinski definition) is 1. The van der Waals surface area contributed by atoms with Gasteiger partial charge in [0.2, 0.25) is 6.41 Å². The third kappa shape index (κ3) is 5.34. The van der Waals surface area contributed by atoms with Crippen LogP contribution in [-0.4, -0.2) is 12.6 Å². The minimum atomic E-state index is 0.380. The van der Waals surface area contributed by atoms with Crippen LogP contribution in [0.3, 0.4) is 0 Å². The van der Waals surface area contributed by atoms with Crippen LogP contribution >= 0.6 is 0 Å². The number of aliphatic imine (C=N–C) groups is 1. The second-order valence-electron chi connectivity index (χ2n) is 1.65. The van der Waals surface area contributed by atoms with Gasteiger partial charge in [0.25, 0.3) is 0 Å². The van der Waals surface area contributed by atoms with Crippen LogP contribution in [0.1, 0.15) is 13.8 Å². The Morgan fingerprint density at radius 2 is 2.14 bits per heavy atom. The molecule has 0 aromatic carbocycles. The minimum Gasteiger partial charge on any atom is -0.276 e. The molecular formula is C5H9NO. The van der Waals surface area contributed by atoms with Crippen LogP contribution in [-0.2, 0) is 4.79 Å². The molecule has 0 saturated carbocycles. The fourth-order valence-corrected chi connectivity index (χ4v) is 0.207. The number of amides is 1. The molecule has 0 N–H and O–H groups in total. The van der Waals surface area contributed by atoms with E-state index >= 15 is 0 Å². The fraction of sp³-hybridized carbons (Fsp3) is 0.600. The van der Waals surface area contributed by atoms with Crippen LogP contribution in [0.25, 0.3) is 0 Å². The van der Waals surface area contributed by atoms with E-state index in [0.717, 1.165) is 0 Å². The molecule has 2 nitrogen and oxygen atoms in total. The molecule has 40 valence electrons. The quantitative estimate of drug-likeness (QED) is 0.373. The number of nitrogens with zero attached hydrogens (tertiary/aromatic N) is 1. The summed E-state index contributed by atoms with van der Waals surface area (Å²) in [5.41, 5.74) is 0. The molecule has 0 bridgehead atoms. The molecule has 0 atom stereocenters. The highest BCUT2D eigenvalue weighted by atomic mass is 16.1. The highest BCUT2D eigenvalue weighted by molar-refractivity contribution is 5.70. The van der Waals surface area contributed by atoms with E-state index in [-0.39, 0.29) is 0 Å². The average Bonchev–Trinajstić information content (AvgIpc) is 1.61. The van der Waals surface area contributed by atoms with Crippen molar-refractivity contribution in [2.75, 3.05) is 0 Å². The van der Waals surface area contributed by atoms with Crippen LogP contribution in [0.15, 0.2) is 4.99 Å². The molecule has 0 unspecified atom stereocenters. The van der Waals surface area contributed by atoms with Crippen LogP contribution in [0.4, 0.5) is 0 Å². The SMILES string of the molecule is CC(C)C=NC=O. The van der Waals surface area contributed by atoms with Gasteiger partial charge in [-0.3, -0.25) is 4.79 Å². The Morgan fingerprint density at radius 1 is 1.57 bits per heavy atom. The van der Waals surface area contributed by atoms with Gasteiger partial charge in [-0.05, 0) is 5.92 Å². The second kappa shape index (κ2) is 3.53. The van der Waals surface area contributed by atoms with E-state index in [0.29, 0.717) is 12.3 Å². The summed E-state index contributed by atoms with van der Waals surface area (Å²) in [5, 5.41) is 0. The molecule has 7 heavy (non-hydrogen) atoms. The van der Waals surface area contributed by atoms with E-state index in [1.807, 2.05) is 13.8 Å². The van der Waals surface area contributed by atoms with Crippen LogP contribution in [0.2, 0.25) is 0 Å². The first-order chi connectivity index (χ1) is 3.27. The molecule has 0 fully saturated rings. The largest absolute Gasteiger partial charge is 0.276 e. The first kappa shape index (κ1) is 6.34. The van der Waals surface area contributed by atoms with Crippen LogP contribution in [0.5, 0.6) is 0 Å². The van der Waals surface area contributed by atoms with E-state index in [9.17, 15) is 4.79 Å². The monoisotopic (exact) mass is 99.1 g/mol. The summed E-state index contributed by atoms with van der Waals surface area (Å²) in [6.45, 7) is 3.93. The molecule has 0 aromatic heterocycles. The lowest BCUT2D eigenvalue weighted by Crippen LogP contribution is -1.85. The van der Waals surface area contributed by atoms with Gasteiger partial charge in [0, 0.05) is 6.21 Å². The van der Waals surface area contributed by atoms with Gasteiger partial charge < -0.3 is 0 Å². The van der Waals surface area contributed by atoms with Gasteiger partial charge in [0.05, 0.1) is 0 Å². The Bertz CT molecular complexity index is 76.1. The van der Waals surface area contributed by atoms with Crippen molar-refractivity contribution in [3.8, 4) is 0 Å². The maximum absolute atomic E-state index is 9.51. The summed E-state index contributed by atoms with van der Waals surface area (Å²) in [5.74, 6) is 0.380. The zero-order valence-corrected chi connectivity index (χ0v) is 4.59. The summed E-state index contributed by atoms with van der Waals surface area (Å²) in [6, 6.07) is 0. The lowest BCUT2D eigenvalue weighted by molar-refractivity contribution is -0.106. The van der Waals surface area contributed by atoms with Crippen molar-refractivity contribution in [3.05, 3.63) is 0 Å². The van der Waals surface area contributed by atoms with E-state index in [1.54, 1.807) is 6.21 Å². The zero-order valence-electron chi connectivity index (χ0n) is 4.59. The molecule has 0 rings (SSSR count). The summed E-state index contributed by atoms with van der Waals surface area (Å²) in [4.78, 5) is 12.9. The van der Waals surface area contributed by atoms with Crippen molar-refractivity contribution in [2.45, 2.75) is 13.8 Å². The smallest absolute Gasteiger partial charge is 0.232 e. The Labute approximate surface area is 43.3 Å². The van der Waals surface area contributed by atoms with E-state index in [1.165, 1.54) is 0 Å². The van der Waals surface area contributed by atoms with Crippen molar-refractivity contribution in [1.82, 2.24) is 0 Å². The van der Waals surface area contributed by atoms with Crippen molar-refractivity contribution in [2.24, 2.45) is 10.9 Å². The van der Waals surface area contributed by atoms with Gasteiger partial charge in [-0.15, -0.1) is 0 Å². The standard InChI is InChI=1S/C5H9NO/c1-5(2)3-6-4-7/h3-5H,1-2H3. The van der Waals surface area contributed by atoms with Crippen molar-refractivity contribution >= 4 is 12.6 Å². The van der Waals surface area contributed by atoms with Gasteiger partial charge in [0.15, 0.2) is 0 Å². The highest BCUT2D eigenvalue weighted by Crippen LogP contribution is 1.81. The third-order valence-electron chi connectivity index (χ3n) is 0.445. The molecule has 1 amide bonds. The van der Waals surface area contributed by atoms with Gasteiger partial charge >= 0.3 is 0 Å². The van der Waals surface area contributed by atoms with Gasteiger partial charge in [0.1, 0.15) is 0 Å². The van der Waals surface area contributed by atoms with Crippen molar-refractivity contribution < 1.29 is 4.79 Å². The molecule has 0 radical (unpaired) electrons. The Kier molecular flexibility index (Phi) is 3.19. The maximum atomic E-state index is 9.51. The lowest BCUT2D eigenvalue weighted by atomic mass is 10.3. The summed E-state index contributed by atoms with van der Waals surface area (Å²) < 4.78 is 0. The maximum Gasteiger partial charge on any atom is 0.232 e. The van der Waals surface area contributed by atoms with Crippen LogP contribution < -0.4 is 0 Å². The predicted octanol–water partition coefficient (Wildman–Crippen LogP) is 0.870. The lowest BCUT2D eigenvalue weighted by Gasteiger charge is -1.85. The number of rotatable bonds is 2. The number of hydrogen-bond donors (Lipinski definition) is 0. The zero-order chi connectivity index (χ0) is 5.70. The second-order valence-corrected chi connectivity index (χ2v) is 1.65. The van der Waals surface area contributed by atoms with Crippen LogP contribution in [0, 0.1) is 5.92 Å². The first-order valence-electron chi connectivity index (χ1n) is 2.24. The normalized spacial score (nSPS) is 10.7. The van der Waals surface area contributed by atoms with Crippen molar-refractivity contribution in [1.29, 1.82) is 0 Å². The van der Waals surface area contributed by atoms with Gasteiger partial charge in [-0.2, -0.15) is 0 Å². The Balaban J connectivity index is 3.25. The molecule has 0 aromatic rings. The van der Waals surface area contributed by atoms with E-state index in [2.05, 4.69) is 4.99 Å². The minimum absolute atomic E-state index is 0.380. The summed E-state index contributed by atoms with van der Waals surface area (Å²) in [6.07, 6.45) is 2.15. The fourth-order valence-electron chi connectivity index (χ4n) is 0.207. The van der Waals surface area contributed by atoms with Crippen molar-refractivity contribution in [3.63, 3.8) is 0 Å². The average molecular weight is 99.1 g/mol. The van der Waals surface area contributed by atoms with Gasteiger partial charge in [-0.1, -0.05) is 13.8 Å². The highest BCUT2D eigenvalue weighted by Gasteiger charge is 1.79. The molecule has 0 aliphatic rings. The topological polar surface area (TPSA) is 29.4 Å². The Morgan fingerprint density at radius 3 is 2.29 bits per heavy atom. The Hall–Kier alpha value is -0.660. The molecule has 0 spiro atoms. The third-order valence-corrected chi connectivity index (χ3v) is 0.445. The number of carbonyl (C=O) groups is 1. The molecule has 2 heteroatoms. The first-order valence-corrected chi connectivity index (χ1v) is 2.24. The molecule has 0 aliphatic carbocycles.